The van der Waals surface area contributed by atoms with Crippen LogP contribution in [0.3, 0.4) is 0 Å². The van der Waals surface area contributed by atoms with Crippen molar-refractivity contribution in [2.45, 2.75) is 41.5 Å². The van der Waals surface area contributed by atoms with Gasteiger partial charge in [0.1, 0.15) is 0 Å². The SMILES string of the molecule is Cc1cccc(NC(=S)NCC(C)(C)CNC(=S)Nc2cccc(C)c2C)c1C. The van der Waals surface area contributed by atoms with E-state index in [0.29, 0.717) is 10.2 Å². The minimum absolute atomic E-state index is 0.0409. The third-order valence-electron chi connectivity index (χ3n) is 5.16. The fourth-order valence-electron chi connectivity index (χ4n) is 2.81. The largest absolute Gasteiger partial charge is 0.362 e. The summed E-state index contributed by atoms with van der Waals surface area (Å²) >= 11 is 11.0. The smallest absolute Gasteiger partial charge is 0.170 e. The number of thiocarbonyl (C=S) groups is 2. The summed E-state index contributed by atoms with van der Waals surface area (Å²) in [6, 6.07) is 12.3. The lowest BCUT2D eigenvalue weighted by molar-refractivity contribution is 0.362. The van der Waals surface area contributed by atoms with Gasteiger partial charge in [-0.05, 0) is 91.9 Å². The third kappa shape index (κ3) is 6.98. The van der Waals surface area contributed by atoms with Crippen molar-refractivity contribution in [2.24, 2.45) is 5.41 Å². The molecule has 0 atom stereocenters. The van der Waals surface area contributed by atoms with Crippen molar-refractivity contribution in [3.05, 3.63) is 58.7 Å². The molecule has 2 aromatic rings. The van der Waals surface area contributed by atoms with E-state index >= 15 is 0 Å². The topological polar surface area (TPSA) is 48.1 Å². The predicted octanol–water partition coefficient (Wildman–Crippen LogP) is 5.22. The van der Waals surface area contributed by atoms with Crippen LogP contribution in [-0.4, -0.2) is 23.3 Å². The summed E-state index contributed by atoms with van der Waals surface area (Å²) in [5, 5.41) is 14.5. The van der Waals surface area contributed by atoms with Gasteiger partial charge in [0, 0.05) is 24.5 Å². The van der Waals surface area contributed by atoms with E-state index in [0.717, 1.165) is 24.5 Å². The van der Waals surface area contributed by atoms with Crippen LogP contribution in [0.2, 0.25) is 0 Å². The summed E-state index contributed by atoms with van der Waals surface area (Å²) in [6.45, 7) is 14.2. The second-order valence-corrected chi connectivity index (χ2v) is 9.09. The van der Waals surface area contributed by atoms with Gasteiger partial charge in [-0.2, -0.15) is 0 Å². The molecule has 156 valence electrons. The van der Waals surface area contributed by atoms with E-state index in [9.17, 15) is 0 Å². The van der Waals surface area contributed by atoms with Gasteiger partial charge in [-0.15, -0.1) is 0 Å². The Kier molecular flexibility index (Phi) is 7.99. The van der Waals surface area contributed by atoms with E-state index in [1.54, 1.807) is 0 Å². The average molecular weight is 429 g/mol. The van der Waals surface area contributed by atoms with Crippen molar-refractivity contribution in [1.82, 2.24) is 10.6 Å². The van der Waals surface area contributed by atoms with Crippen LogP contribution in [0, 0.1) is 33.1 Å². The molecule has 0 aliphatic carbocycles. The van der Waals surface area contributed by atoms with E-state index in [1.807, 2.05) is 24.3 Å². The summed E-state index contributed by atoms with van der Waals surface area (Å²) in [4.78, 5) is 0. The number of aryl methyl sites for hydroxylation is 2. The van der Waals surface area contributed by atoms with Crippen molar-refractivity contribution < 1.29 is 0 Å². The molecule has 4 N–H and O–H groups in total. The van der Waals surface area contributed by atoms with Crippen molar-refractivity contribution >= 4 is 46.0 Å². The summed E-state index contributed by atoms with van der Waals surface area (Å²) in [5.41, 5.74) is 6.94. The molecule has 0 heterocycles. The lowest BCUT2D eigenvalue weighted by atomic mass is 9.93. The van der Waals surface area contributed by atoms with E-state index in [4.69, 9.17) is 24.4 Å². The van der Waals surface area contributed by atoms with Crippen LogP contribution in [-0.2, 0) is 0 Å². The predicted molar refractivity (Wildman–Crippen MR) is 134 cm³/mol. The average Bonchev–Trinajstić information content (AvgIpc) is 2.66. The van der Waals surface area contributed by atoms with Crippen molar-refractivity contribution in [3.8, 4) is 0 Å². The van der Waals surface area contributed by atoms with Crippen LogP contribution in [0.4, 0.5) is 11.4 Å². The van der Waals surface area contributed by atoms with Crippen molar-refractivity contribution in [2.75, 3.05) is 23.7 Å². The van der Waals surface area contributed by atoms with Gasteiger partial charge in [0.25, 0.3) is 0 Å². The maximum Gasteiger partial charge on any atom is 0.170 e. The Morgan fingerprint density at radius 2 is 1.10 bits per heavy atom. The molecule has 0 radical (unpaired) electrons. The van der Waals surface area contributed by atoms with Gasteiger partial charge in [-0.3, -0.25) is 0 Å². The van der Waals surface area contributed by atoms with Gasteiger partial charge >= 0.3 is 0 Å². The molecule has 6 heteroatoms. The first-order chi connectivity index (χ1) is 13.6. The standard InChI is InChI=1S/C23H32N4S2/c1-15-9-7-11-19(17(15)3)26-21(28)24-13-23(5,6)14-25-22(29)27-20-12-8-10-16(2)18(20)4/h7-12H,13-14H2,1-6H3,(H2,24,26,28)(H2,25,27,29). The highest BCUT2D eigenvalue weighted by molar-refractivity contribution is 7.80. The fraction of sp³-hybridized carbons (Fsp3) is 0.391. The lowest BCUT2D eigenvalue weighted by Crippen LogP contribution is -2.44. The monoisotopic (exact) mass is 428 g/mol. The lowest BCUT2D eigenvalue weighted by Gasteiger charge is -2.27. The minimum Gasteiger partial charge on any atom is -0.362 e. The van der Waals surface area contributed by atoms with E-state index < -0.39 is 0 Å². The van der Waals surface area contributed by atoms with E-state index in [-0.39, 0.29) is 5.41 Å². The number of rotatable bonds is 6. The van der Waals surface area contributed by atoms with Crippen molar-refractivity contribution in [3.63, 3.8) is 0 Å². The number of benzene rings is 2. The first kappa shape index (κ1) is 23.1. The molecule has 0 spiro atoms. The van der Waals surface area contributed by atoms with Gasteiger partial charge in [0.15, 0.2) is 10.2 Å². The van der Waals surface area contributed by atoms with Gasteiger partial charge < -0.3 is 21.3 Å². The maximum atomic E-state index is 5.48. The maximum absolute atomic E-state index is 5.48. The molecule has 0 amide bonds. The molecule has 0 saturated heterocycles. The Hall–Kier alpha value is -2.18. The molecule has 0 saturated carbocycles. The van der Waals surface area contributed by atoms with Crippen LogP contribution >= 0.6 is 24.4 Å². The van der Waals surface area contributed by atoms with Gasteiger partial charge in [0.05, 0.1) is 0 Å². The Labute approximate surface area is 185 Å². The fourth-order valence-corrected chi connectivity index (χ4v) is 3.17. The molecule has 0 unspecified atom stereocenters. The van der Waals surface area contributed by atoms with Crippen LogP contribution in [0.1, 0.15) is 36.1 Å². The molecule has 0 aliphatic rings. The normalized spacial score (nSPS) is 11.0. The zero-order valence-electron chi connectivity index (χ0n) is 18.2. The molecular weight excluding hydrogens is 396 g/mol. The Bertz CT molecular complexity index is 819. The molecule has 0 bridgehead atoms. The van der Waals surface area contributed by atoms with Crippen LogP contribution < -0.4 is 21.3 Å². The summed E-state index contributed by atoms with van der Waals surface area (Å²) in [6.07, 6.45) is 0. The van der Waals surface area contributed by atoms with Gasteiger partial charge in [-0.25, -0.2) is 0 Å². The second kappa shape index (κ2) is 10.0. The quantitative estimate of drug-likeness (QED) is 0.473. The first-order valence-electron chi connectivity index (χ1n) is 9.81. The summed E-state index contributed by atoms with van der Waals surface area (Å²) in [5.74, 6) is 0. The zero-order valence-corrected chi connectivity index (χ0v) is 19.8. The minimum atomic E-state index is -0.0409. The molecule has 2 rings (SSSR count). The number of anilines is 2. The highest BCUT2D eigenvalue weighted by Crippen LogP contribution is 2.19. The molecule has 4 nitrogen and oxygen atoms in total. The molecule has 0 fully saturated rings. The summed E-state index contributed by atoms with van der Waals surface area (Å²) < 4.78 is 0. The summed E-state index contributed by atoms with van der Waals surface area (Å²) in [7, 11) is 0. The Balaban J connectivity index is 1.81. The van der Waals surface area contributed by atoms with Crippen molar-refractivity contribution in [1.29, 1.82) is 0 Å². The van der Waals surface area contributed by atoms with Crippen LogP contribution in [0.15, 0.2) is 36.4 Å². The molecule has 0 aliphatic heterocycles. The van der Waals surface area contributed by atoms with Crippen LogP contribution in [0.5, 0.6) is 0 Å². The highest BCUT2D eigenvalue weighted by Gasteiger charge is 2.19. The molecular formula is C23H32N4S2. The Morgan fingerprint density at radius 3 is 1.48 bits per heavy atom. The zero-order chi connectivity index (χ0) is 21.6. The Morgan fingerprint density at radius 1 is 0.724 bits per heavy atom. The first-order valence-corrected chi connectivity index (χ1v) is 10.6. The second-order valence-electron chi connectivity index (χ2n) is 8.27. The molecule has 0 aromatic heterocycles. The third-order valence-corrected chi connectivity index (χ3v) is 5.65. The highest BCUT2D eigenvalue weighted by atomic mass is 32.1. The molecule has 2 aromatic carbocycles. The van der Waals surface area contributed by atoms with E-state index in [2.05, 4.69) is 74.9 Å². The van der Waals surface area contributed by atoms with E-state index in [1.165, 1.54) is 22.3 Å². The number of hydrogen-bond donors (Lipinski definition) is 4. The number of hydrogen-bond acceptors (Lipinski definition) is 2. The number of nitrogens with one attached hydrogen (secondary N) is 4. The van der Waals surface area contributed by atoms with Gasteiger partial charge in [-0.1, -0.05) is 38.1 Å². The van der Waals surface area contributed by atoms with Crippen LogP contribution in [0.25, 0.3) is 0 Å². The molecule has 29 heavy (non-hydrogen) atoms. The van der Waals surface area contributed by atoms with Gasteiger partial charge in [0.2, 0.25) is 0 Å².